The van der Waals surface area contributed by atoms with Crippen LogP contribution in [0.3, 0.4) is 0 Å². The fourth-order valence-corrected chi connectivity index (χ4v) is 1.89. The van der Waals surface area contributed by atoms with Gasteiger partial charge < -0.3 is 5.32 Å². The molecule has 0 unspecified atom stereocenters. The second kappa shape index (κ2) is 5.91. The van der Waals surface area contributed by atoms with Crippen molar-refractivity contribution in [3.8, 4) is 12.1 Å². The van der Waals surface area contributed by atoms with E-state index in [0.717, 1.165) is 5.56 Å². The minimum atomic E-state index is 0.484. The van der Waals surface area contributed by atoms with Gasteiger partial charge >= 0.3 is 0 Å². The predicted octanol–water partition coefficient (Wildman–Crippen LogP) is 3.70. The van der Waals surface area contributed by atoms with Crippen LogP contribution in [0.4, 0.5) is 5.69 Å². The second-order valence-electron chi connectivity index (χ2n) is 3.93. The Kier molecular flexibility index (Phi) is 4.03. The Morgan fingerprint density at radius 2 is 1.84 bits per heavy atom. The van der Waals surface area contributed by atoms with Crippen LogP contribution >= 0.6 is 11.6 Å². The van der Waals surface area contributed by atoms with Crippen LogP contribution in [-0.2, 0) is 6.54 Å². The SMILES string of the molecule is N#Cc1ccc(Cl)c(NCc2ccccc2C#N)c1. The van der Waals surface area contributed by atoms with Gasteiger partial charge in [-0.05, 0) is 29.8 Å². The van der Waals surface area contributed by atoms with Gasteiger partial charge in [0.05, 0.1) is 34.0 Å². The van der Waals surface area contributed by atoms with Crippen LogP contribution in [0, 0.1) is 22.7 Å². The molecule has 3 nitrogen and oxygen atoms in total. The summed E-state index contributed by atoms with van der Waals surface area (Å²) in [5, 5.41) is 21.6. The summed E-state index contributed by atoms with van der Waals surface area (Å²) in [6.45, 7) is 0.484. The Morgan fingerprint density at radius 1 is 1.05 bits per heavy atom. The molecule has 0 saturated heterocycles. The molecule has 2 rings (SSSR count). The van der Waals surface area contributed by atoms with E-state index in [4.69, 9.17) is 22.1 Å². The number of nitriles is 2. The van der Waals surface area contributed by atoms with Gasteiger partial charge in [-0.2, -0.15) is 10.5 Å². The molecule has 0 bridgehead atoms. The van der Waals surface area contributed by atoms with E-state index in [1.807, 2.05) is 18.2 Å². The van der Waals surface area contributed by atoms with Gasteiger partial charge in [0.15, 0.2) is 0 Å². The molecule has 2 aromatic rings. The van der Waals surface area contributed by atoms with Crippen LogP contribution < -0.4 is 5.32 Å². The van der Waals surface area contributed by atoms with Crippen molar-refractivity contribution in [3.05, 3.63) is 64.2 Å². The first-order valence-corrected chi connectivity index (χ1v) is 6.04. The molecular weight excluding hydrogens is 258 g/mol. The summed E-state index contributed by atoms with van der Waals surface area (Å²) >= 11 is 6.06. The van der Waals surface area contributed by atoms with Gasteiger partial charge in [-0.1, -0.05) is 29.8 Å². The predicted molar refractivity (Wildman–Crippen MR) is 74.7 cm³/mol. The van der Waals surface area contributed by atoms with E-state index < -0.39 is 0 Å². The van der Waals surface area contributed by atoms with E-state index in [2.05, 4.69) is 17.5 Å². The summed E-state index contributed by atoms with van der Waals surface area (Å²) in [6.07, 6.45) is 0. The third kappa shape index (κ3) is 3.04. The van der Waals surface area contributed by atoms with Crippen LogP contribution in [0.25, 0.3) is 0 Å². The molecule has 4 heteroatoms. The highest BCUT2D eigenvalue weighted by atomic mass is 35.5. The van der Waals surface area contributed by atoms with Crippen LogP contribution in [0.1, 0.15) is 16.7 Å². The molecule has 92 valence electrons. The van der Waals surface area contributed by atoms with Gasteiger partial charge in [0.1, 0.15) is 0 Å². The summed E-state index contributed by atoms with van der Waals surface area (Å²) in [5.74, 6) is 0. The Morgan fingerprint density at radius 3 is 2.58 bits per heavy atom. The number of benzene rings is 2. The second-order valence-corrected chi connectivity index (χ2v) is 4.34. The standard InChI is InChI=1S/C15H10ClN3/c16-14-6-5-11(8-17)7-15(14)19-10-13-4-2-1-3-12(13)9-18/h1-7,19H,10H2. The molecule has 0 aliphatic rings. The van der Waals surface area contributed by atoms with Crippen LogP contribution in [-0.4, -0.2) is 0 Å². The minimum absolute atomic E-state index is 0.484. The van der Waals surface area contributed by atoms with Crippen molar-refractivity contribution in [1.29, 1.82) is 10.5 Å². The molecule has 0 aliphatic carbocycles. The van der Waals surface area contributed by atoms with Crippen molar-refractivity contribution in [1.82, 2.24) is 0 Å². The molecule has 0 aromatic heterocycles. The zero-order chi connectivity index (χ0) is 13.7. The lowest BCUT2D eigenvalue weighted by molar-refractivity contribution is 1.14. The molecule has 0 saturated carbocycles. The summed E-state index contributed by atoms with van der Waals surface area (Å²) in [7, 11) is 0. The minimum Gasteiger partial charge on any atom is -0.380 e. The number of hydrogen-bond donors (Lipinski definition) is 1. The van der Waals surface area contributed by atoms with Crippen molar-refractivity contribution in [2.45, 2.75) is 6.54 Å². The normalized spacial score (nSPS) is 9.42. The van der Waals surface area contributed by atoms with E-state index in [1.165, 1.54) is 0 Å². The third-order valence-corrected chi connectivity index (χ3v) is 3.03. The molecule has 1 N–H and O–H groups in total. The summed E-state index contributed by atoms with van der Waals surface area (Å²) in [4.78, 5) is 0. The van der Waals surface area contributed by atoms with Gasteiger partial charge in [-0.15, -0.1) is 0 Å². The van der Waals surface area contributed by atoms with E-state index in [1.54, 1.807) is 24.3 Å². The van der Waals surface area contributed by atoms with Gasteiger partial charge in [0, 0.05) is 6.54 Å². The van der Waals surface area contributed by atoms with E-state index in [9.17, 15) is 0 Å². The zero-order valence-electron chi connectivity index (χ0n) is 10.0. The summed E-state index contributed by atoms with van der Waals surface area (Å²) in [5.41, 5.74) is 2.75. The number of anilines is 1. The number of nitrogens with zero attached hydrogens (tertiary/aromatic N) is 2. The number of halogens is 1. The first-order chi connectivity index (χ1) is 9.24. The van der Waals surface area contributed by atoms with Crippen molar-refractivity contribution < 1.29 is 0 Å². The van der Waals surface area contributed by atoms with Gasteiger partial charge in [-0.25, -0.2) is 0 Å². The highest BCUT2D eigenvalue weighted by Crippen LogP contribution is 2.23. The Labute approximate surface area is 116 Å². The fourth-order valence-electron chi connectivity index (χ4n) is 1.70. The first kappa shape index (κ1) is 13.0. The van der Waals surface area contributed by atoms with Gasteiger partial charge in [0.2, 0.25) is 0 Å². The summed E-state index contributed by atoms with van der Waals surface area (Å²) in [6, 6.07) is 16.6. The monoisotopic (exact) mass is 267 g/mol. The van der Waals surface area contributed by atoms with Gasteiger partial charge in [0.25, 0.3) is 0 Å². The van der Waals surface area contributed by atoms with Crippen LogP contribution in [0.5, 0.6) is 0 Å². The van der Waals surface area contributed by atoms with Crippen molar-refractivity contribution in [3.63, 3.8) is 0 Å². The third-order valence-electron chi connectivity index (χ3n) is 2.70. The lowest BCUT2D eigenvalue weighted by atomic mass is 10.1. The molecule has 0 fully saturated rings. The topological polar surface area (TPSA) is 59.6 Å². The fraction of sp³-hybridized carbons (Fsp3) is 0.0667. The lowest BCUT2D eigenvalue weighted by Crippen LogP contribution is -2.02. The quantitative estimate of drug-likeness (QED) is 0.922. The Balaban J connectivity index is 2.20. The molecule has 0 amide bonds. The molecular formula is C15H10ClN3. The van der Waals surface area contributed by atoms with Crippen molar-refractivity contribution in [2.75, 3.05) is 5.32 Å². The average Bonchev–Trinajstić information content (AvgIpc) is 2.46. The Bertz CT molecular complexity index is 681. The molecule has 0 spiro atoms. The molecule has 0 heterocycles. The molecule has 0 aliphatic heterocycles. The number of hydrogen-bond acceptors (Lipinski definition) is 3. The van der Waals surface area contributed by atoms with Crippen molar-refractivity contribution >= 4 is 17.3 Å². The first-order valence-electron chi connectivity index (χ1n) is 5.66. The number of rotatable bonds is 3. The highest BCUT2D eigenvalue weighted by Gasteiger charge is 2.04. The van der Waals surface area contributed by atoms with Gasteiger partial charge in [-0.3, -0.25) is 0 Å². The summed E-state index contributed by atoms with van der Waals surface area (Å²) < 4.78 is 0. The van der Waals surface area contributed by atoms with Crippen molar-refractivity contribution in [2.24, 2.45) is 0 Å². The maximum absolute atomic E-state index is 9.01. The van der Waals surface area contributed by atoms with E-state index in [0.29, 0.717) is 28.4 Å². The maximum Gasteiger partial charge on any atom is 0.0995 e. The molecule has 0 atom stereocenters. The maximum atomic E-state index is 9.01. The largest absolute Gasteiger partial charge is 0.380 e. The molecule has 0 radical (unpaired) electrons. The van der Waals surface area contributed by atoms with E-state index in [-0.39, 0.29) is 0 Å². The number of nitrogens with one attached hydrogen (secondary N) is 1. The average molecular weight is 268 g/mol. The Hall–Kier alpha value is -2.49. The zero-order valence-corrected chi connectivity index (χ0v) is 10.8. The lowest BCUT2D eigenvalue weighted by Gasteiger charge is -2.09. The molecule has 19 heavy (non-hydrogen) atoms. The highest BCUT2D eigenvalue weighted by molar-refractivity contribution is 6.33. The molecule has 2 aromatic carbocycles. The van der Waals surface area contributed by atoms with Crippen LogP contribution in [0.15, 0.2) is 42.5 Å². The van der Waals surface area contributed by atoms with Crippen LogP contribution in [0.2, 0.25) is 5.02 Å². The van der Waals surface area contributed by atoms with E-state index >= 15 is 0 Å². The smallest absolute Gasteiger partial charge is 0.0995 e.